The Hall–Kier alpha value is -1.35. The molecule has 3 atom stereocenters. The van der Waals surface area contributed by atoms with Crippen molar-refractivity contribution in [2.45, 2.75) is 69.0 Å². The Balaban J connectivity index is 0.000000256. The Kier molecular flexibility index (Phi) is 6.08. The van der Waals surface area contributed by atoms with Gasteiger partial charge in [-0.3, -0.25) is 9.69 Å². The number of rotatable bonds is 2. The van der Waals surface area contributed by atoms with Gasteiger partial charge in [-0.05, 0) is 32.1 Å². The molecule has 2 heterocycles. The van der Waals surface area contributed by atoms with E-state index in [0.29, 0.717) is 12.1 Å². The number of aliphatic carboxylic acids is 1. The maximum Gasteiger partial charge on any atom is 0.490 e. The van der Waals surface area contributed by atoms with Crippen molar-refractivity contribution in [1.29, 1.82) is 0 Å². The number of likely N-dealkylation sites (tertiary alicyclic amines) is 1. The van der Waals surface area contributed by atoms with E-state index < -0.39 is 12.1 Å². The predicted octanol–water partition coefficient (Wildman–Crippen LogP) is 1.54. The van der Waals surface area contributed by atoms with Gasteiger partial charge in [0.1, 0.15) is 6.10 Å². The zero-order chi connectivity index (χ0) is 17.9. The minimum atomic E-state index is -5.08. The molecule has 1 aliphatic carbocycles. The Bertz CT molecular complexity index is 468. The maximum absolute atomic E-state index is 11.6. The molecule has 3 rings (SSSR count). The number of alkyl halides is 3. The number of nitrogens with zero attached hydrogens (tertiary/aromatic N) is 1. The van der Waals surface area contributed by atoms with Gasteiger partial charge in [0.2, 0.25) is 5.91 Å². The van der Waals surface area contributed by atoms with Gasteiger partial charge < -0.3 is 15.2 Å². The number of likely N-dealkylation sites (N-methyl/N-ethyl adjacent to an activating group) is 1. The van der Waals surface area contributed by atoms with Gasteiger partial charge in [0.05, 0.1) is 6.10 Å². The summed E-state index contributed by atoms with van der Waals surface area (Å²) >= 11 is 0. The van der Waals surface area contributed by atoms with Crippen LogP contribution in [-0.2, 0) is 14.3 Å². The highest BCUT2D eigenvalue weighted by atomic mass is 19.4. The molecule has 6 nitrogen and oxygen atoms in total. The van der Waals surface area contributed by atoms with Crippen LogP contribution < -0.4 is 5.32 Å². The van der Waals surface area contributed by atoms with Crippen LogP contribution in [0.4, 0.5) is 13.2 Å². The molecule has 138 valence electrons. The molecule has 0 aromatic heterocycles. The molecular formula is C15H23F3N2O4. The molecule has 0 radical (unpaired) electrons. The summed E-state index contributed by atoms with van der Waals surface area (Å²) in [7, 11) is 1.69. The van der Waals surface area contributed by atoms with Crippen LogP contribution >= 0.6 is 0 Å². The smallest absolute Gasteiger partial charge is 0.475 e. The predicted molar refractivity (Wildman–Crippen MR) is 78.4 cm³/mol. The van der Waals surface area contributed by atoms with E-state index in [0.717, 1.165) is 25.3 Å². The van der Waals surface area contributed by atoms with Crippen molar-refractivity contribution < 1.29 is 32.6 Å². The molecule has 2 N–H and O–H groups in total. The molecule has 0 aromatic rings. The van der Waals surface area contributed by atoms with Crippen molar-refractivity contribution in [2.75, 3.05) is 13.6 Å². The summed E-state index contributed by atoms with van der Waals surface area (Å²) in [6.07, 6.45) is 2.23. The van der Waals surface area contributed by atoms with Gasteiger partial charge in [-0.2, -0.15) is 13.2 Å². The molecule has 9 heteroatoms. The average Bonchev–Trinajstić information content (AvgIpc) is 2.87. The molecule has 1 saturated carbocycles. The average molecular weight is 352 g/mol. The molecular weight excluding hydrogens is 329 g/mol. The van der Waals surface area contributed by atoms with E-state index in [1.165, 1.54) is 25.8 Å². The molecule has 0 bridgehead atoms. The molecule has 3 aliphatic rings. The van der Waals surface area contributed by atoms with Crippen molar-refractivity contribution in [3.8, 4) is 0 Å². The molecule has 0 spiro atoms. The van der Waals surface area contributed by atoms with E-state index in [2.05, 4.69) is 10.2 Å². The number of hydrogen-bond acceptors (Lipinski definition) is 4. The maximum atomic E-state index is 11.6. The number of carboxylic acid groups (broad SMARTS) is 1. The number of amides is 1. The number of hydrogen-bond donors (Lipinski definition) is 2. The highest BCUT2D eigenvalue weighted by Gasteiger charge is 2.44. The van der Waals surface area contributed by atoms with E-state index in [1.807, 2.05) is 0 Å². The summed E-state index contributed by atoms with van der Waals surface area (Å²) in [5.74, 6) is -2.71. The Morgan fingerprint density at radius 2 is 1.79 bits per heavy atom. The van der Waals surface area contributed by atoms with Crippen molar-refractivity contribution in [3.05, 3.63) is 0 Å². The third-order valence-corrected chi connectivity index (χ3v) is 4.92. The van der Waals surface area contributed by atoms with E-state index >= 15 is 0 Å². The lowest BCUT2D eigenvalue weighted by atomic mass is 9.89. The number of nitrogens with one attached hydrogen (secondary N) is 1. The van der Waals surface area contributed by atoms with Crippen LogP contribution in [-0.4, -0.2) is 65.9 Å². The first-order valence-corrected chi connectivity index (χ1v) is 8.17. The quantitative estimate of drug-likeness (QED) is 0.788. The monoisotopic (exact) mass is 352 g/mol. The van der Waals surface area contributed by atoms with Crippen molar-refractivity contribution in [1.82, 2.24) is 10.2 Å². The lowest BCUT2D eigenvalue weighted by molar-refractivity contribution is -0.192. The van der Waals surface area contributed by atoms with E-state index in [1.54, 1.807) is 7.05 Å². The standard InChI is InChI=1S/C13H22N2O2.C2HF3O2/c1-14-13(16)12-6-5-10-11(17-12)7-8-15(10)9-3-2-4-9;3-2(4,5)1(6)7/h9-12H,2-8H2,1H3,(H,14,16);(H,6,7)/t10-,11-,12-;/m1./s1. The summed E-state index contributed by atoms with van der Waals surface area (Å²) in [6, 6.07) is 1.39. The molecule has 2 saturated heterocycles. The molecule has 2 aliphatic heterocycles. The van der Waals surface area contributed by atoms with E-state index in [9.17, 15) is 18.0 Å². The van der Waals surface area contributed by atoms with Crippen molar-refractivity contribution >= 4 is 11.9 Å². The van der Waals surface area contributed by atoms with Gasteiger partial charge in [0, 0.05) is 25.7 Å². The molecule has 0 aromatic carbocycles. The normalized spacial score (nSPS) is 30.6. The van der Waals surface area contributed by atoms with Crippen molar-refractivity contribution in [3.63, 3.8) is 0 Å². The summed E-state index contributed by atoms with van der Waals surface area (Å²) in [4.78, 5) is 23.1. The Morgan fingerprint density at radius 1 is 1.17 bits per heavy atom. The molecule has 24 heavy (non-hydrogen) atoms. The summed E-state index contributed by atoms with van der Waals surface area (Å²) in [5, 5.41) is 9.82. The highest BCUT2D eigenvalue weighted by molar-refractivity contribution is 5.80. The van der Waals surface area contributed by atoms with Crippen LogP contribution in [0.1, 0.15) is 38.5 Å². The number of carbonyl (C=O) groups excluding carboxylic acids is 1. The van der Waals surface area contributed by atoms with E-state index in [4.69, 9.17) is 14.6 Å². The summed E-state index contributed by atoms with van der Waals surface area (Å²) < 4.78 is 37.7. The van der Waals surface area contributed by atoms with Crippen LogP contribution in [0.15, 0.2) is 0 Å². The van der Waals surface area contributed by atoms with Gasteiger partial charge in [-0.1, -0.05) is 6.42 Å². The SMILES string of the molecule is CNC(=O)[C@H]1CC[C@@H]2[C@@H](CCN2C2CCC2)O1.O=C(O)C(F)(F)F. The van der Waals surface area contributed by atoms with Crippen molar-refractivity contribution in [2.24, 2.45) is 0 Å². The first-order chi connectivity index (χ1) is 11.2. The fourth-order valence-corrected chi connectivity index (χ4v) is 3.49. The number of carboxylic acids is 1. The minimum absolute atomic E-state index is 0.0468. The Labute approximate surface area is 138 Å². The lowest BCUT2D eigenvalue weighted by Gasteiger charge is -2.42. The molecule has 0 unspecified atom stereocenters. The fourth-order valence-electron chi connectivity index (χ4n) is 3.49. The van der Waals surface area contributed by atoms with Crippen LogP contribution in [0.3, 0.4) is 0 Å². The Morgan fingerprint density at radius 3 is 2.25 bits per heavy atom. The lowest BCUT2D eigenvalue weighted by Crippen LogP contribution is -2.51. The molecule has 1 amide bonds. The second-order valence-corrected chi connectivity index (χ2v) is 6.34. The number of ether oxygens (including phenoxy) is 1. The van der Waals surface area contributed by atoms with Gasteiger partial charge in [0.15, 0.2) is 0 Å². The van der Waals surface area contributed by atoms with Gasteiger partial charge in [0.25, 0.3) is 0 Å². The van der Waals surface area contributed by atoms with Gasteiger partial charge in [-0.15, -0.1) is 0 Å². The molecule has 3 fully saturated rings. The third-order valence-electron chi connectivity index (χ3n) is 4.92. The van der Waals surface area contributed by atoms with Crippen LogP contribution in [0.2, 0.25) is 0 Å². The topological polar surface area (TPSA) is 78.9 Å². The largest absolute Gasteiger partial charge is 0.490 e. The highest BCUT2D eigenvalue weighted by Crippen LogP contribution is 2.37. The minimum Gasteiger partial charge on any atom is -0.475 e. The number of halogens is 3. The third kappa shape index (κ3) is 4.38. The van der Waals surface area contributed by atoms with Gasteiger partial charge >= 0.3 is 12.1 Å². The van der Waals surface area contributed by atoms with Crippen LogP contribution in [0, 0.1) is 0 Å². The zero-order valence-electron chi connectivity index (χ0n) is 13.5. The van der Waals surface area contributed by atoms with Crippen LogP contribution in [0.5, 0.6) is 0 Å². The summed E-state index contributed by atoms with van der Waals surface area (Å²) in [5.41, 5.74) is 0. The number of fused-ring (bicyclic) bond motifs is 1. The summed E-state index contributed by atoms with van der Waals surface area (Å²) in [6.45, 7) is 1.17. The van der Waals surface area contributed by atoms with E-state index in [-0.39, 0.29) is 12.0 Å². The first-order valence-electron chi connectivity index (χ1n) is 8.17. The first kappa shape index (κ1) is 19.0. The second kappa shape index (κ2) is 7.69. The zero-order valence-corrected chi connectivity index (χ0v) is 13.5. The van der Waals surface area contributed by atoms with Gasteiger partial charge in [-0.25, -0.2) is 4.79 Å². The fraction of sp³-hybridized carbons (Fsp3) is 0.867. The van der Waals surface area contributed by atoms with Crippen LogP contribution in [0.25, 0.3) is 0 Å². The number of carbonyl (C=O) groups is 2. The second-order valence-electron chi connectivity index (χ2n) is 6.34.